The fourth-order valence-corrected chi connectivity index (χ4v) is 3.77. The standard InChI is InChI=1S/C23H21N5/c1-14-8-10-18(11-9-14)21-25-23-20-16(3)17(4)28(19-7-5-6-15(2)12-19)22(20)24-13-27(23)26-21/h5-13H,1-4H3. The molecule has 0 saturated heterocycles. The minimum absolute atomic E-state index is 0.717. The van der Waals surface area contributed by atoms with E-state index < -0.39 is 0 Å². The van der Waals surface area contributed by atoms with E-state index >= 15 is 0 Å². The number of aryl methyl sites for hydroxylation is 3. The lowest BCUT2D eigenvalue weighted by Crippen LogP contribution is -1.99. The minimum Gasteiger partial charge on any atom is -0.298 e. The molecule has 0 aliphatic carbocycles. The SMILES string of the molecule is Cc1ccc(-c2nc3c4c(C)c(C)n(-c5cccc(C)c5)c4ncn3n2)cc1. The molecule has 0 bridgehead atoms. The first-order chi connectivity index (χ1) is 13.5. The summed E-state index contributed by atoms with van der Waals surface area (Å²) < 4.78 is 3.99. The van der Waals surface area contributed by atoms with E-state index in [1.54, 1.807) is 10.8 Å². The Hall–Kier alpha value is -3.47. The highest BCUT2D eigenvalue weighted by atomic mass is 15.3. The molecule has 0 aliphatic rings. The summed E-state index contributed by atoms with van der Waals surface area (Å²) in [4.78, 5) is 9.61. The van der Waals surface area contributed by atoms with Crippen LogP contribution >= 0.6 is 0 Å². The third-order valence-electron chi connectivity index (χ3n) is 5.40. The predicted octanol–water partition coefficient (Wildman–Crippen LogP) is 4.97. The molecular weight excluding hydrogens is 346 g/mol. The van der Waals surface area contributed by atoms with Gasteiger partial charge in [0, 0.05) is 16.9 Å². The number of aromatic nitrogens is 5. The number of benzene rings is 2. The lowest BCUT2D eigenvalue weighted by Gasteiger charge is -2.08. The summed E-state index contributed by atoms with van der Waals surface area (Å²) in [7, 11) is 0. The Morgan fingerprint density at radius 2 is 1.61 bits per heavy atom. The average molecular weight is 367 g/mol. The van der Waals surface area contributed by atoms with Gasteiger partial charge in [0.2, 0.25) is 0 Å². The molecule has 0 saturated carbocycles. The van der Waals surface area contributed by atoms with E-state index in [2.05, 4.69) is 85.9 Å². The van der Waals surface area contributed by atoms with Gasteiger partial charge in [-0.3, -0.25) is 4.57 Å². The van der Waals surface area contributed by atoms with Crippen molar-refractivity contribution in [3.63, 3.8) is 0 Å². The molecule has 28 heavy (non-hydrogen) atoms. The molecule has 5 aromatic rings. The van der Waals surface area contributed by atoms with E-state index in [1.807, 2.05) is 0 Å². The lowest BCUT2D eigenvalue weighted by atomic mass is 10.1. The maximum Gasteiger partial charge on any atom is 0.182 e. The van der Waals surface area contributed by atoms with Gasteiger partial charge in [0.15, 0.2) is 17.1 Å². The normalized spacial score (nSPS) is 11.6. The van der Waals surface area contributed by atoms with Gasteiger partial charge in [-0.2, -0.15) is 0 Å². The van der Waals surface area contributed by atoms with Crippen molar-refractivity contribution in [1.82, 2.24) is 24.1 Å². The van der Waals surface area contributed by atoms with Crippen LogP contribution in [0.25, 0.3) is 33.8 Å². The van der Waals surface area contributed by atoms with Crippen LogP contribution in [0.3, 0.4) is 0 Å². The predicted molar refractivity (Wildman–Crippen MR) is 112 cm³/mol. The highest BCUT2D eigenvalue weighted by Crippen LogP contribution is 2.30. The molecule has 3 heterocycles. The van der Waals surface area contributed by atoms with Gasteiger partial charge in [-0.1, -0.05) is 42.0 Å². The number of hydrogen-bond donors (Lipinski definition) is 0. The zero-order valence-corrected chi connectivity index (χ0v) is 16.4. The molecule has 5 nitrogen and oxygen atoms in total. The van der Waals surface area contributed by atoms with E-state index in [4.69, 9.17) is 9.97 Å². The fourth-order valence-electron chi connectivity index (χ4n) is 3.77. The second-order valence-corrected chi connectivity index (χ2v) is 7.40. The third kappa shape index (κ3) is 2.43. The van der Waals surface area contributed by atoms with Gasteiger partial charge < -0.3 is 0 Å². The average Bonchev–Trinajstić information content (AvgIpc) is 3.22. The van der Waals surface area contributed by atoms with Gasteiger partial charge in [-0.25, -0.2) is 14.5 Å². The van der Waals surface area contributed by atoms with E-state index in [-0.39, 0.29) is 0 Å². The highest BCUT2D eigenvalue weighted by molar-refractivity contribution is 5.95. The van der Waals surface area contributed by atoms with Crippen LogP contribution in [-0.4, -0.2) is 24.1 Å². The summed E-state index contributed by atoms with van der Waals surface area (Å²) in [5, 5.41) is 5.71. The van der Waals surface area contributed by atoms with Crippen LogP contribution in [-0.2, 0) is 0 Å². The molecular formula is C23H21N5. The molecule has 138 valence electrons. The van der Waals surface area contributed by atoms with Gasteiger partial charge in [0.05, 0.1) is 5.39 Å². The van der Waals surface area contributed by atoms with Crippen molar-refractivity contribution in [2.24, 2.45) is 0 Å². The van der Waals surface area contributed by atoms with Gasteiger partial charge in [0.25, 0.3) is 0 Å². The van der Waals surface area contributed by atoms with Crippen LogP contribution in [0, 0.1) is 27.7 Å². The van der Waals surface area contributed by atoms with Gasteiger partial charge >= 0.3 is 0 Å². The Labute approximate surface area is 163 Å². The quantitative estimate of drug-likeness (QED) is 0.443. The number of hydrogen-bond acceptors (Lipinski definition) is 3. The Kier molecular flexibility index (Phi) is 3.59. The summed E-state index contributed by atoms with van der Waals surface area (Å²) in [5.74, 6) is 0.717. The van der Waals surface area contributed by atoms with Crippen LogP contribution in [0.1, 0.15) is 22.4 Å². The molecule has 0 N–H and O–H groups in total. The Balaban J connectivity index is 1.79. The van der Waals surface area contributed by atoms with Crippen molar-refractivity contribution in [3.8, 4) is 17.1 Å². The molecule has 0 aliphatic heterocycles. The Morgan fingerprint density at radius 3 is 2.36 bits per heavy atom. The molecule has 5 heteroatoms. The molecule has 2 aromatic carbocycles. The topological polar surface area (TPSA) is 48.0 Å². The monoisotopic (exact) mass is 367 g/mol. The number of rotatable bonds is 2. The van der Waals surface area contributed by atoms with Crippen molar-refractivity contribution in [2.45, 2.75) is 27.7 Å². The largest absolute Gasteiger partial charge is 0.298 e. The van der Waals surface area contributed by atoms with Gasteiger partial charge in [-0.05, 0) is 51.0 Å². The minimum atomic E-state index is 0.717. The van der Waals surface area contributed by atoms with Crippen LogP contribution in [0.15, 0.2) is 54.9 Å². The summed E-state index contributed by atoms with van der Waals surface area (Å²) in [6.07, 6.45) is 1.76. The first-order valence-electron chi connectivity index (χ1n) is 9.40. The molecule has 0 unspecified atom stereocenters. The molecule has 0 spiro atoms. The van der Waals surface area contributed by atoms with E-state index in [9.17, 15) is 0 Å². The lowest BCUT2D eigenvalue weighted by molar-refractivity contribution is 0.926. The van der Waals surface area contributed by atoms with Crippen molar-refractivity contribution in [1.29, 1.82) is 0 Å². The molecule has 0 atom stereocenters. The highest BCUT2D eigenvalue weighted by Gasteiger charge is 2.19. The summed E-state index contributed by atoms with van der Waals surface area (Å²) in [6.45, 7) is 8.45. The maximum atomic E-state index is 4.87. The van der Waals surface area contributed by atoms with Crippen molar-refractivity contribution < 1.29 is 0 Å². The van der Waals surface area contributed by atoms with Gasteiger partial charge in [0.1, 0.15) is 6.33 Å². The van der Waals surface area contributed by atoms with E-state index in [1.165, 1.54) is 22.4 Å². The molecule has 0 amide bonds. The van der Waals surface area contributed by atoms with E-state index in [0.29, 0.717) is 0 Å². The van der Waals surface area contributed by atoms with Crippen molar-refractivity contribution in [3.05, 3.63) is 77.2 Å². The molecule has 3 aromatic heterocycles. The fraction of sp³-hybridized carbons (Fsp3) is 0.174. The first-order valence-corrected chi connectivity index (χ1v) is 9.40. The van der Waals surface area contributed by atoms with Crippen LogP contribution in [0.2, 0.25) is 0 Å². The van der Waals surface area contributed by atoms with Crippen LogP contribution < -0.4 is 0 Å². The second-order valence-electron chi connectivity index (χ2n) is 7.40. The van der Waals surface area contributed by atoms with E-state index in [0.717, 1.165) is 33.8 Å². The Bertz CT molecular complexity index is 1340. The molecule has 0 radical (unpaired) electrons. The van der Waals surface area contributed by atoms with Crippen molar-refractivity contribution >= 4 is 16.7 Å². The zero-order valence-electron chi connectivity index (χ0n) is 16.4. The summed E-state index contributed by atoms with van der Waals surface area (Å²) in [6, 6.07) is 16.8. The molecule has 5 rings (SSSR count). The summed E-state index contributed by atoms with van der Waals surface area (Å²) >= 11 is 0. The Morgan fingerprint density at radius 1 is 0.821 bits per heavy atom. The van der Waals surface area contributed by atoms with Crippen LogP contribution in [0.4, 0.5) is 0 Å². The number of fused-ring (bicyclic) bond motifs is 3. The smallest absolute Gasteiger partial charge is 0.182 e. The zero-order chi connectivity index (χ0) is 19.4. The van der Waals surface area contributed by atoms with Crippen molar-refractivity contribution in [2.75, 3.05) is 0 Å². The number of nitrogens with zero attached hydrogens (tertiary/aromatic N) is 5. The molecule has 0 fully saturated rings. The maximum absolute atomic E-state index is 4.87. The third-order valence-corrected chi connectivity index (χ3v) is 5.40. The first kappa shape index (κ1) is 16.7. The second kappa shape index (κ2) is 6.02. The summed E-state index contributed by atoms with van der Waals surface area (Å²) in [5.41, 5.74) is 8.67. The van der Waals surface area contributed by atoms with Gasteiger partial charge in [-0.15, -0.1) is 5.10 Å². The van der Waals surface area contributed by atoms with Crippen LogP contribution in [0.5, 0.6) is 0 Å².